The average Bonchev–Trinajstić information content (AvgIpc) is 3.33. The van der Waals surface area contributed by atoms with Gasteiger partial charge in [0, 0.05) is 51.4 Å². The third kappa shape index (κ3) is 4.35. The molecule has 0 aliphatic carbocycles. The number of morpholine rings is 1. The van der Waals surface area contributed by atoms with Crippen LogP contribution in [0.2, 0.25) is 0 Å². The van der Waals surface area contributed by atoms with Crippen LogP contribution in [0.5, 0.6) is 0 Å². The molecule has 0 unspecified atom stereocenters. The predicted octanol–water partition coefficient (Wildman–Crippen LogP) is 0.839. The fourth-order valence-corrected chi connectivity index (χ4v) is 6.18. The van der Waals surface area contributed by atoms with E-state index < -0.39 is 10.0 Å². The zero-order valence-electron chi connectivity index (χ0n) is 19.1. The summed E-state index contributed by atoms with van der Waals surface area (Å²) in [4.78, 5) is 29.7. The summed E-state index contributed by atoms with van der Waals surface area (Å²) >= 11 is 0. The number of piperazine rings is 1. The molecule has 0 bridgehead atoms. The third-order valence-corrected chi connectivity index (χ3v) is 8.69. The van der Waals surface area contributed by atoms with Crippen molar-refractivity contribution in [3.05, 3.63) is 47.3 Å². The summed E-state index contributed by atoms with van der Waals surface area (Å²) in [6.45, 7) is 4.06. The Labute approximate surface area is 199 Å². The van der Waals surface area contributed by atoms with Gasteiger partial charge in [-0.3, -0.25) is 14.3 Å². The number of carbonyl (C=O) groups excluding carboxylic acids is 2. The van der Waals surface area contributed by atoms with Crippen LogP contribution in [0, 0.1) is 0 Å². The molecule has 182 valence electrons. The first-order chi connectivity index (χ1) is 16.4. The quantitative estimate of drug-likeness (QED) is 0.633. The predicted molar refractivity (Wildman–Crippen MR) is 123 cm³/mol. The molecule has 11 heteroatoms. The van der Waals surface area contributed by atoms with Crippen molar-refractivity contribution in [3.8, 4) is 0 Å². The number of nitrogens with zero attached hydrogens (tertiary/aromatic N) is 5. The van der Waals surface area contributed by atoms with Crippen molar-refractivity contribution in [2.75, 3.05) is 52.5 Å². The molecule has 1 aromatic carbocycles. The minimum absolute atomic E-state index is 0.0204. The number of carbonyl (C=O) groups is 2. The number of hydrogen-bond acceptors (Lipinski definition) is 6. The highest BCUT2D eigenvalue weighted by atomic mass is 32.2. The van der Waals surface area contributed by atoms with E-state index in [1.54, 1.807) is 28.1 Å². The molecule has 34 heavy (non-hydrogen) atoms. The molecule has 1 aromatic heterocycles. The summed E-state index contributed by atoms with van der Waals surface area (Å²) in [5.41, 5.74) is 2.13. The normalized spacial score (nSPS) is 19.6. The maximum atomic E-state index is 13.0. The van der Waals surface area contributed by atoms with Crippen molar-refractivity contribution in [2.24, 2.45) is 0 Å². The number of sulfonamides is 1. The van der Waals surface area contributed by atoms with Crippen LogP contribution in [0.25, 0.3) is 0 Å². The Kier molecular flexibility index (Phi) is 6.41. The summed E-state index contributed by atoms with van der Waals surface area (Å²) in [7, 11) is -3.60. The monoisotopic (exact) mass is 487 g/mol. The fraction of sp³-hybridized carbons (Fsp3) is 0.522. The Balaban J connectivity index is 1.20. The third-order valence-electron chi connectivity index (χ3n) is 6.78. The summed E-state index contributed by atoms with van der Waals surface area (Å²) in [6.07, 6.45) is 4.70. The van der Waals surface area contributed by atoms with Crippen LogP contribution < -0.4 is 0 Å². The lowest BCUT2D eigenvalue weighted by molar-refractivity contribution is 0.0534. The van der Waals surface area contributed by atoms with Crippen molar-refractivity contribution in [2.45, 2.75) is 30.7 Å². The second kappa shape index (κ2) is 9.47. The highest BCUT2D eigenvalue weighted by molar-refractivity contribution is 7.89. The van der Waals surface area contributed by atoms with E-state index in [2.05, 4.69) is 5.10 Å². The van der Waals surface area contributed by atoms with Crippen LogP contribution in [0.3, 0.4) is 0 Å². The van der Waals surface area contributed by atoms with Crippen molar-refractivity contribution in [1.82, 2.24) is 23.9 Å². The second-order valence-corrected chi connectivity index (χ2v) is 10.7. The van der Waals surface area contributed by atoms with Gasteiger partial charge < -0.3 is 14.5 Å². The molecular formula is C23H29N5O5S. The molecule has 0 saturated carbocycles. The Morgan fingerprint density at radius 3 is 2.15 bits per heavy atom. The zero-order valence-corrected chi connectivity index (χ0v) is 19.9. The molecule has 2 aromatic rings. The number of aromatic nitrogens is 2. The molecule has 4 heterocycles. The minimum atomic E-state index is -3.60. The lowest BCUT2D eigenvalue weighted by Crippen LogP contribution is -2.50. The van der Waals surface area contributed by atoms with E-state index in [0.29, 0.717) is 63.6 Å². The average molecular weight is 488 g/mol. The lowest BCUT2D eigenvalue weighted by atomic mass is 10.1. The van der Waals surface area contributed by atoms with Gasteiger partial charge in [-0.25, -0.2) is 8.42 Å². The topological polar surface area (TPSA) is 105 Å². The number of fused-ring (bicyclic) bond motifs is 1. The van der Waals surface area contributed by atoms with Crippen LogP contribution in [-0.4, -0.2) is 96.6 Å². The van der Waals surface area contributed by atoms with Gasteiger partial charge in [-0.05, 0) is 43.5 Å². The number of benzene rings is 1. The summed E-state index contributed by atoms with van der Waals surface area (Å²) in [5.74, 6) is -0.182. The molecule has 5 rings (SSSR count). The highest BCUT2D eigenvalue weighted by Crippen LogP contribution is 2.21. The number of hydrogen-bond donors (Lipinski definition) is 0. The maximum Gasteiger partial charge on any atom is 0.257 e. The van der Waals surface area contributed by atoms with Gasteiger partial charge in [0.05, 0.1) is 35.6 Å². The van der Waals surface area contributed by atoms with E-state index in [4.69, 9.17) is 4.74 Å². The van der Waals surface area contributed by atoms with Crippen molar-refractivity contribution >= 4 is 21.8 Å². The molecule has 3 aliphatic rings. The molecule has 2 fully saturated rings. The number of rotatable bonds is 4. The second-order valence-electron chi connectivity index (χ2n) is 8.81. The van der Waals surface area contributed by atoms with E-state index in [-0.39, 0.29) is 16.7 Å². The number of amides is 2. The van der Waals surface area contributed by atoms with Gasteiger partial charge >= 0.3 is 0 Å². The van der Waals surface area contributed by atoms with E-state index in [1.165, 1.54) is 16.4 Å². The van der Waals surface area contributed by atoms with Crippen LogP contribution in [0.1, 0.15) is 39.3 Å². The number of aryl methyl sites for hydroxylation is 1. The smallest absolute Gasteiger partial charge is 0.257 e. The molecule has 0 N–H and O–H groups in total. The van der Waals surface area contributed by atoms with Crippen LogP contribution >= 0.6 is 0 Å². The Bertz CT molecular complexity index is 1160. The van der Waals surface area contributed by atoms with Gasteiger partial charge in [-0.15, -0.1) is 0 Å². The van der Waals surface area contributed by atoms with Crippen molar-refractivity contribution in [1.29, 1.82) is 0 Å². The van der Waals surface area contributed by atoms with Crippen molar-refractivity contribution in [3.63, 3.8) is 0 Å². The summed E-state index contributed by atoms with van der Waals surface area (Å²) < 4.78 is 34.1. The van der Waals surface area contributed by atoms with Crippen LogP contribution in [-0.2, 0) is 27.7 Å². The standard InChI is InChI=1S/C23H29N5O5S/c29-22(18-4-6-19(7-5-18)34(31,32)27-13-15-33-16-14-27)25-9-11-26(12-10-25)23(30)20-17-24-28-8-2-1-3-21(20)28/h4-7,17H,1-3,8-16H2. The largest absolute Gasteiger partial charge is 0.379 e. The molecule has 3 aliphatic heterocycles. The molecule has 0 atom stereocenters. The zero-order chi connectivity index (χ0) is 23.7. The molecule has 2 amide bonds. The minimum Gasteiger partial charge on any atom is -0.379 e. The fourth-order valence-electron chi connectivity index (χ4n) is 4.77. The number of ether oxygens (including phenoxy) is 1. The van der Waals surface area contributed by atoms with Crippen LogP contribution in [0.15, 0.2) is 35.4 Å². The first kappa shape index (κ1) is 23.0. The highest BCUT2D eigenvalue weighted by Gasteiger charge is 2.30. The van der Waals surface area contributed by atoms with Gasteiger partial charge in [-0.1, -0.05) is 0 Å². The Morgan fingerprint density at radius 2 is 1.47 bits per heavy atom. The van der Waals surface area contributed by atoms with Gasteiger partial charge in [0.25, 0.3) is 11.8 Å². The molecule has 10 nitrogen and oxygen atoms in total. The van der Waals surface area contributed by atoms with Gasteiger partial charge in [0.15, 0.2) is 0 Å². The molecule has 0 spiro atoms. The molecule has 2 saturated heterocycles. The lowest BCUT2D eigenvalue weighted by Gasteiger charge is -2.35. The first-order valence-electron chi connectivity index (χ1n) is 11.8. The van der Waals surface area contributed by atoms with Gasteiger partial charge in [-0.2, -0.15) is 9.40 Å². The SMILES string of the molecule is O=C(c1ccc(S(=O)(=O)N2CCOCC2)cc1)N1CCN(C(=O)c2cnn3c2CCCC3)CC1. The summed E-state index contributed by atoms with van der Waals surface area (Å²) in [6, 6.07) is 6.10. The molecule has 0 radical (unpaired) electrons. The van der Waals surface area contributed by atoms with Crippen LogP contribution in [0.4, 0.5) is 0 Å². The maximum absolute atomic E-state index is 13.0. The van der Waals surface area contributed by atoms with E-state index in [1.807, 2.05) is 4.68 Å². The Hall–Kier alpha value is -2.76. The van der Waals surface area contributed by atoms with Gasteiger partial charge in [0.1, 0.15) is 0 Å². The van der Waals surface area contributed by atoms with E-state index in [0.717, 1.165) is 31.5 Å². The van der Waals surface area contributed by atoms with E-state index in [9.17, 15) is 18.0 Å². The van der Waals surface area contributed by atoms with Gasteiger partial charge in [0.2, 0.25) is 10.0 Å². The van der Waals surface area contributed by atoms with E-state index >= 15 is 0 Å². The Morgan fingerprint density at radius 1 is 0.824 bits per heavy atom. The first-order valence-corrected chi connectivity index (χ1v) is 13.2. The van der Waals surface area contributed by atoms with Crippen molar-refractivity contribution < 1.29 is 22.7 Å². The molecular weight excluding hydrogens is 458 g/mol. The summed E-state index contributed by atoms with van der Waals surface area (Å²) in [5, 5.41) is 4.36.